The summed E-state index contributed by atoms with van der Waals surface area (Å²) in [7, 11) is 0. The lowest BCUT2D eigenvalue weighted by Gasteiger charge is -2.40. The summed E-state index contributed by atoms with van der Waals surface area (Å²) in [4.78, 5) is 4.16. The molecule has 1 aromatic carbocycles. The van der Waals surface area contributed by atoms with Gasteiger partial charge in [0.05, 0.1) is 0 Å². The first-order valence-electron chi connectivity index (χ1n) is 6.65. The van der Waals surface area contributed by atoms with Crippen LogP contribution >= 0.6 is 11.8 Å². The maximum absolute atomic E-state index is 6.00. The number of fused-ring (bicyclic) bond motifs is 1. The first-order chi connectivity index (χ1) is 9.24. The van der Waals surface area contributed by atoms with E-state index in [2.05, 4.69) is 22.6 Å². The van der Waals surface area contributed by atoms with Gasteiger partial charge in [-0.15, -0.1) is 0 Å². The zero-order valence-electron chi connectivity index (χ0n) is 11.1. The van der Waals surface area contributed by atoms with Crippen LogP contribution in [0.5, 0.6) is 0 Å². The van der Waals surface area contributed by atoms with Crippen LogP contribution in [-0.4, -0.2) is 22.5 Å². The smallest absolute Gasteiger partial charge is 0.0423 e. The van der Waals surface area contributed by atoms with E-state index in [4.69, 9.17) is 5.73 Å². The van der Waals surface area contributed by atoms with Crippen LogP contribution in [-0.2, 0) is 0 Å². The lowest BCUT2D eigenvalue weighted by atomic mass is 9.84. The maximum Gasteiger partial charge on any atom is 0.0423 e. The van der Waals surface area contributed by atoms with Gasteiger partial charge in [0.15, 0.2) is 0 Å². The molecule has 1 saturated carbocycles. The second-order valence-electron chi connectivity index (χ2n) is 5.22. The topological polar surface area (TPSA) is 50.9 Å². The summed E-state index contributed by atoms with van der Waals surface area (Å²) in [6, 6.07) is 6.06. The van der Waals surface area contributed by atoms with E-state index < -0.39 is 0 Å². The van der Waals surface area contributed by atoms with Crippen molar-refractivity contribution in [1.29, 1.82) is 0 Å². The fraction of sp³-hybridized carbons (Fsp3) is 0.400. The molecule has 1 aliphatic carbocycles. The predicted molar refractivity (Wildman–Crippen MR) is 84.7 cm³/mol. The van der Waals surface area contributed by atoms with E-state index in [0.29, 0.717) is 4.75 Å². The number of nitrogens with zero attached hydrogens (tertiary/aromatic N) is 1. The molecule has 0 saturated heterocycles. The molecular formula is C15H19N3S. The largest absolute Gasteiger partial charge is 0.398 e. The molecule has 1 fully saturated rings. The predicted octanol–water partition coefficient (Wildman–Crippen LogP) is 3.51. The number of benzene rings is 1. The molecule has 2 aromatic rings. The summed E-state index contributed by atoms with van der Waals surface area (Å²) in [6.07, 6.45) is 9.86. The van der Waals surface area contributed by atoms with Gasteiger partial charge in [-0.3, -0.25) is 4.98 Å². The summed E-state index contributed by atoms with van der Waals surface area (Å²) in [5.41, 5.74) is 7.95. The molecule has 3 rings (SSSR count). The Labute approximate surface area is 118 Å². The highest BCUT2D eigenvalue weighted by molar-refractivity contribution is 8.00. The molecule has 100 valence electrons. The quantitative estimate of drug-likeness (QED) is 0.837. The molecule has 3 nitrogen and oxygen atoms in total. The zero-order chi connectivity index (χ0) is 13.3. The average Bonchev–Trinajstić information content (AvgIpc) is 2.41. The van der Waals surface area contributed by atoms with E-state index >= 15 is 0 Å². The standard InChI is InChI=1S/C15H19N3S/c1-19-15(6-2-7-15)10-18-14-4-3-13(16)12-9-17-8-5-11(12)14/h3-5,8-9,18H,2,6-7,10,16H2,1H3. The van der Waals surface area contributed by atoms with E-state index in [1.807, 2.05) is 36.3 Å². The summed E-state index contributed by atoms with van der Waals surface area (Å²) in [5.74, 6) is 0. The van der Waals surface area contributed by atoms with Crippen molar-refractivity contribution in [3.8, 4) is 0 Å². The molecule has 1 aliphatic rings. The molecule has 0 unspecified atom stereocenters. The van der Waals surface area contributed by atoms with Gasteiger partial charge in [0, 0.05) is 45.8 Å². The van der Waals surface area contributed by atoms with Crippen molar-refractivity contribution in [2.24, 2.45) is 0 Å². The molecule has 0 atom stereocenters. The van der Waals surface area contributed by atoms with E-state index in [1.54, 1.807) is 0 Å². The number of nitrogens with two attached hydrogens (primary N) is 1. The Morgan fingerprint density at radius 1 is 1.32 bits per heavy atom. The Hall–Kier alpha value is -1.42. The number of thioether (sulfide) groups is 1. The van der Waals surface area contributed by atoms with E-state index in [9.17, 15) is 0 Å². The summed E-state index contributed by atoms with van der Waals surface area (Å²) in [5, 5.41) is 5.79. The third-order valence-electron chi connectivity index (χ3n) is 4.15. The highest BCUT2D eigenvalue weighted by Crippen LogP contribution is 2.43. The van der Waals surface area contributed by atoms with E-state index in [-0.39, 0.29) is 0 Å². The summed E-state index contributed by atoms with van der Waals surface area (Å²) < 4.78 is 0.431. The third kappa shape index (κ3) is 2.25. The highest BCUT2D eigenvalue weighted by Gasteiger charge is 2.35. The molecular weight excluding hydrogens is 254 g/mol. The summed E-state index contributed by atoms with van der Waals surface area (Å²) >= 11 is 1.99. The molecule has 1 heterocycles. The number of hydrogen-bond donors (Lipinski definition) is 2. The van der Waals surface area contributed by atoms with E-state index in [1.165, 1.54) is 19.3 Å². The van der Waals surface area contributed by atoms with Gasteiger partial charge >= 0.3 is 0 Å². The second kappa shape index (κ2) is 4.93. The number of pyridine rings is 1. The van der Waals surface area contributed by atoms with Crippen LogP contribution in [0.1, 0.15) is 19.3 Å². The van der Waals surface area contributed by atoms with Gasteiger partial charge in [-0.05, 0) is 37.3 Å². The van der Waals surface area contributed by atoms with Crippen molar-refractivity contribution >= 4 is 33.9 Å². The van der Waals surface area contributed by atoms with E-state index in [0.717, 1.165) is 28.7 Å². The molecule has 0 radical (unpaired) electrons. The van der Waals surface area contributed by atoms with Gasteiger partial charge in [0.1, 0.15) is 0 Å². The van der Waals surface area contributed by atoms with Crippen molar-refractivity contribution < 1.29 is 0 Å². The molecule has 3 N–H and O–H groups in total. The normalized spacial score (nSPS) is 17.1. The highest BCUT2D eigenvalue weighted by atomic mass is 32.2. The van der Waals surface area contributed by atoms with Crippen LogP contribution in [0.4, 0.5) is 11.4 Å². The minimum Gasteiger partial charge on any atom is -0.398 e. The number of aromatic nitrogens is 1. The third-order valence-corrected chi connectivity index (χ3v) is 5.57. The number of hydrogen-bond acceptors (Lipinski definition) is 4. The summed E-state index contributed by atoms with van der Waals surface area (Å²) in [6.45, 7) is 1.02. The van der Waals surface area contributed by atoms with Gasteiger partial charge in [0.25, 0.3) is 0 Å². The molecule has 0 amide bonds. The fourth-order valence-electron chi connectivity index (χ4n) is 2.65. The number of nitrogen functional groups attached to an aromatic ring is 1. The van der Waals surface area contributed by atoms with Gasteiger partial charge in [0.2, 0.25) is 0 Å². The molecule has 4 heteroatoms. The minimum absolute atomic E-state index is 0.431. The minimum atomic E-state index is 0.431. The van der Waals surface area contributed by atoms with Gasteiger partial charge in [-0.2, -0.15) is 11.8 Å². The van der Waals surface area contributed by atoms with Crippen LogP contribution in [0.3, 0.4) is 0 Å². The van der Waals surface area contributed by atoms with Crippen molar-refractivity contribution in [3.05, 3.63) is 30.6 Å². The lowest BCUT2D eigenvalue weighted by molar-refractivity contribution is 0.380. The monoisotopic (exact) mass is 273 g/mol. The van der Waals surface area contributed by atoms with Crippen LogP contribution in [0, 0.1) is 0 Å². The maximum atomic E-state index is 6.00. The number of anilines is 2. The molecule has 0 bridgehead atoms. The van der Waals surface area contributed by atoms with Crippen molar-refractivity contribution in [2.45, 2.75) is 24.0 Å². The van der Waals surface area contributed by atoms with Crippen LogP contribution < -0.4 is 11.1 Å². The molecule has 1 aromatic heterocycles. The average molecular weight is 273 g/mol. The Kier molecular flexibility index (Phi) is 3.27. The molecule has 0 aliphatic heterocycles. The van der Waals surface area contributed by atoms with Crippen molar-refractivity contribution in [3.63, 3.8) is 0 Å². The first-order valence-corrected chi connectivity index (χ1v) is 7.88. The Morgan fingerprint density at radius 3 is 2.84 bits per heavy atom. The number of nitrogens with one attached hydrogen (secondary N) is 1. The fourth-order valence-corrected chi connectivity index (χ4v) is 3.56. The molecule has 0 spiro atoms. The van der Waals surface area contributed by atoms with Crippen LogP contribution in [0.15, 0.2) is 30.6 Å². The first kappa shape index (κ1) is 12.6. The second-order valence-corrected chi connectivity index (χ2v) is 6.49. The Morgan fingerprint density at radius 2 is 2.16 bits per heavy atom. The SMILES string of the molecule is CSC1(CNc2ccc(N)c3cnccc23)CCC1. The van der Waals surface area contributed by atoms with Gasteiger partial charge in [-0.25, -0.2) is 0 Å². The van der Waals surface area contributed by atoms with Crippen LogP contribution in [0.25, 0.3) is 10.8 Å². The van der Waals surface area contributed by atoms with Crippen molar-refractivity contribution in [2.75, 3.05) is 23.9 Å². The van der Waals surface area contributed by atoms with Gasteiger partial charge < -0.3 is 11.1 Å². The molecule has 19 heavy (non-hydrogen) atoms. The Bertz CT molecular complexity index is 587. The Balaban J connectivity index is 1.87. The number of rotatable bonds is 4. The van der Waals surface area contributed by atoms with Gasteiger partial charge in [-0.1, -0.05) is 6.42 Å². The van der Waals surface area contributed by atoms with Crippen LogP contribution in [0.2, 0.25) is 0 Å². The zero-order valence-corrected chi connectivity index (χ0v) is 12.0. The van der Waals surface area contributed by atoms with Crippen molar-refractivity contribution in [1.82, 2.24) is 4.98 Å². The lowest BCUT2D eigenvalue weighted by Crippen LogP contribution is -2.40.